The highest BCUT2D eigenvalue weighted by molar-refractivity contribution is 5.89. The number of carbonyl (C=O) groups excluding carboxylic acids is 4. The molecule has 0 bridgehead atoms. The lowest BCUT2D eigenvalue weighted by Gasteiger charge is -2.37. The van der Waals surface area contributed by atoms with E-state index in [4.69, 9.17) is 62.1 Å². The maximum absolute atomic E-state index is 10.6. The van der Waals surface area contributed by atoms with Crippen molar-refractivity contribution in [1.29, 1.82) is 5.26 Å². The van der Waals surface area contributed by atoms with Crippen molar-refractivity contribution in [2.24, 2.45) is 5.41 Å². The van der Waals surface area contributed by atoms with Gasteiger partial charge in [-0.25, -0.2) is 14.4 Å². The van der Waals surface area contributed by atoms with Gasteiger partial charge in [0.25, 0.3) is 6.26 Å². The molecule has 0 aromatic heterocycles. The van der Waals surface area contributed by atoms with E-state index in [1.54, 1.807) is 18.2 Å². The molecule has 0 aromatic carbocycles. The first kappa shape index (κ1) is 64.7. The fraction of sp³-hybridized carbons (Fsp3) is 0.580. The highest BCUT2D eigenvalue weighted by Crippen LogP contribution is 2.26. The minimum absolute atomic E-state index is 0.0319. The average molecular weight is 994 g/mol. The molecular formula is C50H75NO19. The number of rotatable bonds is 27. The minimum Gasteiger partial charge on any atom is -0.499 e. The van der Waals surface area contributed by atoms with Crippen molar-refractivity contribution < 1.29 is 90.2 Å². The summed E-state index contributed by atoms with van der Waals surface area (Å²) in [6, 6.07) is 0. The van der Waals surface area contributed by atoms with Crippen LogP contribution in [0.1, 0.15) is 19.8 Å². The SMILES string of the molecule is C=CC(=O)CCC1CO1.C=CC(=O)OC1COC1.C=CC(=O)OCC1CO1.C=CC(=O)OCCOC#N.C=CCOC1COC1.C=CCOCC1(C)COC1.C=CCOCC1CO1.C=COCC1CO1. The molecule has 7 aliphatic heterocycles. The van der Waals surface area contributed by atoms with Crippen LogP contribution in [0.15, 0.2) is 101 Å². The molecule has 0 aromatic rings. The van der Waals surface area contributed by atoms with E-state index in [0.29, 0.717) is 83.7 Å². The normalized spacial score (nSPS) is 20.3. The first-order valence-electron chi connectivity index (χ1n) is 22.4. The number of hydrogen-bond acceptors (Lipinski definition) is 20. The van der Waals surface area contributed by atoms with E-state index in [1.165, 1.54) is 18.6 Å². The zero-order chi connectivity index (χ0) is 52.1. The van der Waals surface area contributed by atoms with Crippen LogP contribution in [0.2, 0.25) is 0 Å². The first-order valence-corrected chi connectivity index (χ1v) is 22.4. The van der Waals surface area contributed by atoms with Gasteiger partial charge in [0, 0.05) is 30.1 Å². The van der Waals surface area contributed by atoms with Crippen molar-refractivity contribution in [1.82, 2.24) is 0 Å². The molecule has 0 amide bonds. The Balaban J connectivity index is 0.000000779. The smallest absolute Gasteiger partial charge is 0.330 e. The quantitative estimate of drug-likeness (QED) is 0.0163. The Bertz CT molecular complexity index is 1520. The van der Waals surface area contributed by atoms with Crippen LogP contribution in [-0.4, -0.2) is 186 Å². The zero-order valence-corrected chi connectivity index (χ0v) is 40.8. The molecule has 20 heteroatoms. The van der Waals surface area contributed by atoms with Gasteiger partial charge in [0.1, 0.15) is 56.9 Å². The average Bonchev–Trinajstić information content (AvgIpc) is 4.10. The first-order chi connectivity index (χ1) is 33.8. The summed E-state index contributed by atoms with van der Waals surface area (Å²) in [6.45, 7) is 41.4. The Morgan fingerprint density at radius 2 is 1.11 bits per heavy atom. The van der Waals surface area contributed by atoms with Crippen molar-refractivity contribution in [3.63, 3.8) is 0 Å². The summed E-state index contributed by atoms with van der Waals surface area (Å²) in [6.07, 6.45) is 15.9. The molecule has 7 aliphatic rings. The van der Waals surface area contributed by atoms with E-state index in [0.717, 1.165) is 84.1 Å². The van der Waals surface area contributed by atoms with Crippen molar-refractivity contribution in [2.45, 2.75) is 56.4 Å². The van der Waals surface area contributed by atoms with Gasteiger partial charge in [-0.1, -0.05) is 58.0 Å². The Kier molecular flexibility index (Phi) is 40.4. The lowest BCUT2D eigenvalue weighted by atomic mass is 9.90. The van der Waals surface area contributed by atoms with Gasteiger partial charge in [-0.15, -0.1) is 19.7 Å². The summed E-state index contributed by atoms with van der Waals surface area (Å²) < 4.78 is 72.6. The van der Waals surface area contributed by atoms with E-state index in [9.17, 15) is 19.2 Å². The van der Waals surface area contributed by atoms with Gasteiger partial charge in [-0.05, 0) is 12.5 Å². The summed E-state index contributed by atoms with van der Waals surface area (Å²) in [4.78, 5) is 41.6. The van der Waals surface area contributed by atoms with E-state index in [-0.39, 0.29) is 48.6 Å². The van der Waals surface area contributed by atoms with Gasteiger partial charge in [-0.2, -0.15) is 5.26 Å². The van der Waals surface area contributed by atoms with Gasteiger partial charge in [0.15, 0.2) is 5.78 Å². The second-order valence-corrected chi connectivity index (χ2v) is 15.2. The Morgan fingerprint density at radius 3 is 1.54 bits per heavy atom. The minimum atomic E-state index is -0.512. The monoisotopic (exact) mass is 993 g/mol. The highest BCUT2D eigenvalue weighted by atomic mass is 16.6. The molecule has 7 heterocycles. The number of nitrogens with zero attached hydrogens (tertiary/aromatic N) is 1. The Hall–Kier alpha value is -5.31. The molecule has 394 valence electrons. The molecule has 7 fully saturated rings. The molecule has 0 radical (unpaired) electrons. The second-order valence-electron chi connectivity index (χ2n) is 15.2. The molecule has 4 unspecified atom stereocenters. The topological polar surface area (TPSA) is 244 Å². The molecule has 0 saturated carbocycles. The second kappa shape index (κ2) is 43.7. The number of ether oxygens (including phenoxy) is 15. The van der Waals surface area contributed by atoms with Crippen molar-refractivity contribution in [2.75, 3.05) is 126 Å². The van der Waals surface area contributed by atoms with Gasteiger partial charge < -0.3 is 71.1 Å². The number of nitriles is 1. The fourth-order valence-electron chi connectivity index (χ4n) is 4.04. The van der Waals surface area contributed by atoms with Crippen LogP contribution >= 0.6 is 0 Å². The predicted molar refractivity (Wildman–Crippen MR) is 256 cm³/mol. The van der Waals surface area contributed by atoms with E-state index in [2.05, 4.69) is 73.8 Å². The van der Waals surface area contributed by atoms with E-state index >= 15 is 0 Å². The van der Waals surface area contributed by atoms with E-state index in [1.807, 2.05) is 0 Å². The van der Waals surface area contributed by atoms with Gasteiger partial charge in [0.2, 0.25) is 0 Å². The summed E-state index contributed by atoms with van der Waals surface area (Å²) in [7, 11) is 0. The molecule has 0 aliphatic carbocycles. The van der Waals surface area contributed by atoms with Gasteiger partial charge in [-0.3, -0.25) is 4.79 Å². The number of ketones is 1. The predicted octanol–water partition coefficient (Wildman–Crippen LogP) is 4.31. The lowest BCUT2D eigenvalue weighted by molar-refractivity contribution is -0.166. The van der Waals surface area contributed by atoms with E-state index < -0.39 is 5.97 Å². The Labute approximate surface area is 413 Å². The third kappa shape index (κ3) is 43.9. The molecule has 4 atom stereocenters. The molecule has 7 saturated heterocycles. The van der Waals surface area contributed by atoms with Crippen LogP contribution in [-0.2, 0) is 90.2 Å². The fourth-order valence-corrected chi connectivity index (χ4v) is 4.04. The van der Waals surface area contributed by atoms with Crippen molar-refractivity contribution in [3.05, 3.63) is 101 Å². The largest absolute Gasteiger partial charge is 0.499 e. The third-order valence-corrected chi connectivity index (χ3v) is 8.43. The molecule has 7 rings (SSSR count). The third-order valence-electron chi connectivity index (χ3n) is 8.43. The van der Waals surface area contributed by atoms with Gasteiger partial charge >= 0.3 is 17.9 Å². The number of hydrogen-bond donors (Lipinski definition) is 0. The number of allylic oxidation sites excluding steroid dienone is 1. The van der Waals surface area contributed by atoms with Crippen LogP contribution in [0.25, 0.3) is 0 Å². The molecule has 20 nitrogen and oxygen atoms in total. The number of carbonyl (C=O) groups is 4. The van der Waals surface area contributed by atoms with Crippen LogP contribution in [0.3, 0.4) is 0 Å². The zero-order valence-electron chi connectivity index (χ0n) is 40.8. The van der Waals surface area contributed by atoms with Crippen LogP contribution in [0, 0.1) is 16.9 Å². The maximum atomic E-state index is 10.6. The number of epoxide rings is 4. The Morgan fingerprint density at radius 1 is 0.600 bits per heavy atom. The highest BCUT2D eigenvalue weighted by Gasteiger charge is 2.33. The van der Waals surface area contributed by atoms with Crippen LogP contribution in [0.4, 0.5) is 0 Å². The molecule has 70 heavy (non-hydrogen) atoms. The lowest BCUT2D eigenvalue weighted by Crippen LogP contribution is -2.43. The standard InChI is InChI=1S/C8H14O2.C7H10O2.C6H7NO3.2C6H8O3.2C6H10O2.C5H8O2/c1-3-4-9-5-8(2)6-10-7-8;1-2-6(8)3-4-7-5-9-7;1-2-6(8)10-4-3-9-5-7;1-2-6(7)9-4-5-3-8-5;1-2-6(7)9-5-3-8-4-5;1-2-3-8-6-4-7-5-6;1-2-3-7-4-6-5-8-6;1-2-6-3-5-4-7-5/h3H,1,4-7H2,2H3;2,7H,1,3-5H2;2H,1,3-4H2;2*2,5H,1,3-4H2;2*2,6H,1,3-5H2;2,5H,1,3-4H2. The molecular weight excluding hydrogens is 919 g/mol. The van der Waals surface area contributed by atoms with Crippen molar-refractivity contribution in [3.8, 4) is 6.26 Å². The van der Waals surface area contributed by atoms with Crippen molar-refractivity contribution >= 4 is 23.7 Å². The van der Waals surface area contributed by atoms with Gasteiger partial charge in [0.05, 0.1) is 111 Å². The maximum Gasteiger partial charge on any atom is 0.330 e. The van der Waals surface area contributed by atoms with Crippen LogP contribution in [0.5, 0.6) is 0 Å². The summed E-state index contributed by atoms with van der Waals surface area (Å²) in [5.41, 5.74) is 0.281. The molecule has 0 N–H and O–H groups in total. The summed E-state index contributed by atoms with van der Waals surface area (Å²) >= 11 is 0. The number of esters is 3. The molecule has 0 spiro atoms. The van der Waals surface area contributed by atoms with Crippen LogP contribution < -0.4 is 0 Å². The summed E-state index contributed by atoms with van der Waals surface area (Å²) in [5, 5.41) is 7.86. The summed E-state index contributed by atoms with van der Waals surface area (Å²) in [5.74, 6) is -1.15.